The molecule has 0 aliphatic carbocycles. The molecular weight excluding hydrogens is 542 g/mol. The van der Waals surface area contributed by atoms with Crippen LogP contribution in [0.5, 0.6) is 0 Å². The molecule has 11 nitrogen and oxygen atoms in total. The van der Waals surface area contributed by atoms with Gasteiger partial charge in [0.15, 0.2) is 5.65 Å². The summed E-state index contributed by atoms with van der Waals surface area (Å²) in [6.45, 7) is 6.26. The molecule has 1 amide bonds. The van der Waals surface area contributed by atoms with Crippen LogP contribution in [-0.4, -0.2) is 46.4 Å². The van der Waals surface area contributed by atoms with Crippen molar-refractivity contribution < 1.29 is 89.9 Å². The third-order valence-corrected chi connectivity index (χ3v) is 6.84. The SMILES string of the molecule is CC(C)(C)c1cc2nc(-c3ccc(NC(=O)c4cc(S(=O)(=O)[O-])cc(S(=O)(=O)[O-])c4)cc3)cn2[nH]1.[Na+].[Na+]. The van der Waals surface area contributed by atoms with Crippen LogP contribution in [0.1, 0.15) is 36.8 Å². The van der Waals surface area contributed by atoms with Gasteiger partial charge >= 0.3 is 59.1 Å². The number of fused-ring (bicyclic) bond motifs is 1. The molecule has 0 spiro atoms. The van der Waals surface area contributed by atoms with Crippen molar-refractivity contribution in [2.24, 2.45) is 0 Å². The van der Waals surface area contributed by atoms with E-state index in [0.29, 0.717) is 29.6 Å². The number of carbonyl (C=O) groups is 1. The molecule has 0 saturated carbocycles. The fraction of sp³-hybridized carbons (Fsp3) is 0.182. The summed E-state index contributed by atoms with van der Waals surface area (Å²) in [7, 11) is -10.2. The number of aromatic amines is 1. The molecule has 4 rings (SSSR count). The topological polar surface area (TPSA) is 177 Å². The average Bonchev–Trinajstić information content (AvgIpc) is 3.32. The monoisotopic (exact) mass is 562 g/mol. The Kier molecular flexibility index (Phi) is 9.68. The molecule has 184 valence electrons. The minimum atomic E-state index is -5.11. The zero-order chi connectivity index (χ0) is 25.8. The van der Waals surface area contributed by atoms with Crippen LogP contribution in [-0.2, 0) is 25.7 Å². The van der Waals surface area contributed by atoms with Crippen LogP contribution in [0.3, 0.4) is 0 Å². The Hall–Kier alpha value is -1.52. The third-order valence-electron chi connectivity index (χ3n) is 5.21. The van der Waals surface area contributed by atoms with E-state index in [1.807, 2.05) is 16.8 Å². The number of H-pyrrole nitrogens is 1. The van der Waals surface area contributed by atoms with Gasteiger partial charge < -0.3 is 14.4 Å². The van der Waals surface area contributed by atoms with E-state index in [9.17, 15) is 30.7 Å². The van der Waals surface area contributed by atoms with Crippen LogP contribution in [0, 0.1) is 0 Å². The fourth-order valence-corrected chi connectivity index (χ4v) is 4.48. The Bertz CT molecular complexity index is 1590. The van der Waals surface area contributed by atoms with Gasteiger partial charge in [-0.1, -0.05) is 32.9 Å². The Balaban J connectivity index is 0.00000241. The van der Waals surface area contributed by atoms with Gasteiger partial charge in [0.05, 0.1) is 21.7 Å². The summed E-state index contributed by atoms with van der Waals surface area (Å²) in [4.78, 5) is 15.2. The molecule has 0 aliphatic heterocycles. The van der Waals surface area contributed by atoms with Crippen molar-refractivity contribution in [1.82, 2.24) is 14.6 Å². The summed E-state index contributed by atoms with van der Waals surface area (Å²) < 4.78 is 69.8. The Morgan fingerprint density at radius 1 is 0.919 bits per heavy atom. The van der Waals surface area contributed by atoms with E-state index in [0.717, 1.165) is 16.9 Å². The summed E-state index contributed by atoms with van der Waals surface area (Å²) in [6.07, 6.45) is 1.83. The maximum absolute atomic E-state index is 12.6. The molecule has 37 heavy (non-hydrogen) atoms. The largest absolute Gasteiger partial charge is 1.00 e. The number of imidazole rings is 1. The summed E-state index contributed by atoms with van der Waals surface area (Å²) >= 11 is 0. The third kappa shape index (κ3) is 7.32. The summed E-state index contributed by atoms with van der Waals surface area (Å²) in [5.74, 6) is -0.904. The number of hydrogen-bond donors (Lipinski definition) is 2. The fourth-order valence-electron chi connectivity index (χ4n) is 3.32. The average molecular weight is 563 g/mol. The molecule has 4 aromatic rings. The van der Waals surface area contributed by atoms with Crippen molar-refractivity contribution in [2.45, 2.75) is 36.0 Å². The van der Waals surface area contributed by atoms with Gasteiger partial charge in [0.25, 0.3) is 5.91 Å². The first kappa shape index (κ1) is 31.7. The molecule has 2 heterocycles. The maximum Gasteiger partial charge on any atom is 1.00 e. The molecular formula is C22H20N4Na2O7S2. The molecule has 0 radical (unpaired) electrons. The molecule has 0 atom stereocenters. The maximum atomic E-state index is 12.6. The quantitative estimate of drug-likeness (QED) is 0.188. The van der Waals surface area contributed by atoms with E-state index in [1.54, 1.807) is 24.3 Å². The smallest absolute Gasteiger partial charge is 0.744 e. The second-order valence-corrected chi connectivity index (χ2v) is 11.7. The molecule has 0 saturated heterocycles. The van der Waals surface area contributed by atoms with Gasteiger partial charge in [-0.15, -0.1) is 0 Å². The van der Waals surface area contributed by atoms with Gasteiger partial charge in [-0.25, -0.2) is 26.3 Å². The summed E-state index contributed by atoms with van der Waals surface area (Å²) in [5, 5.41) is 5.75. The minimum absolute atomic E-state index is 0. The number of benzene rings is 2. The van der Waals surface area contributed by atoms with Crippen LogP contribution in [0.15, 0.2) is 64.5 Å². The zero-order valence-electron chi connectivity index (χ0n) is 20.8. The van der Waals surface area contributed by atoms with Crippen LogP contribution >= 0.6 is 0 Å². The number of rotatable bonds is 5. The van der Waals surface area contributed by atoms with Gasteiger partial charge in [-0.3, -0.25) is 9.89 Å². The predicted octanol–water partition coefficient (Wildman–Crippen LogP) is -3.30. The molecule has 2 aromatic heterocycles. The molecule has 2 N–H and O–H groups in total. The minimum Gasteiger partial charge on any atom is -0.744 e. The van der Waals surface area contributed by atoms with E-state index in [4.69, 9.17) is 0 Å². The number of amides is 1. The van der Waals surface area contributed by atoms with Gasteiger partial charge in [0.1, 0.15) is 20.2 Å². The van der Waals surface area contributed by atoms with Crippen LogP contribution in [0.2, 0.25) is 0 Å². The molecule has 0 fully saturated rings. The number of hydrogen-bond acceptors (Lipinski definition) is 8. The number of nitrogens with zero attached hydrogens (tertiary/aromatic N) is 2. The zero-order valence-corrected chi connectivity index (χ0v) is 26.4. The van der Waals surface area contributed by atoms with Crippen molar-refractivity contribution in [3.8, 4) is 11.3 Å². The van der Waals surface area contributed by atoms with Crippen LogP contribution < -0.4 is 64.4 Å². The van der Waals surface area contributed by atoms with Gasteiger partial charge in [-0.05, 0) is 30.3 Å². The van der Waals surface area contributed by atoms with Crippen molar-refractivity contribution in [1.29, 1.82) is 0 Å². The Labute approximate surface area is 258 Å². The Morgan fingerprint density at radius 2 is 1.46 bits per heavy atom. The normalized spacial score (nSPS) is 12.0. The molecule has 0 aliphatic rings. The molecule has 15 heteroatoms. The molecule has 0 unspecified atom stereocenters. The van der Waals surface area contributed by atoms with E-state index < -0.39 is 41.5 Å². The van der Waals surface area contributed by atoms with E-state index in [1.165, 1.54) is 0 Å². The first-order valence-corrected chi connectivity index (χ1v) is 13.0. The summed E-state index contributed by atoms with van der Waals surface area (Å²) in [5.41, 5.74) is 3.01. The van der Waals surface area contributed by atoms with E-state index >= 15 is 0 Å². The van der Waals surface area contributed by atoms with Crippen molar-refractivity contribution in [3.05, 3.63) is 66.0 Å². The number of carbonyl (C=O) groups excluding carboxylic acids is 1. The van der Waals surface area contributed by atoms with E-state index in [2.05, 4.69) is 36.2 Å². The molecule has 0 bridgehead atoms. The van der Waals surface area contributed by atoms with Crippen molar-refractivity contribution in [2.75, 3.05) is 5.32 Å². The van der Waals surface area contributed by atoms with Gasteiger partial charge in [0, 0.05) is 34.0 Å². The number of aromatic nitrogens is 3. The van der Waals surface area contributed by atoms with Gasteiger partial charge in [0.2, 0.25) is 0 Å². The number of anilines is 1. The van der Waals surface area contributed by atoms with Crippen LogP contribution in [0.4, 0.5) is 5.69 Å². The first-order chi connectivity index (χ1) is 16.1. The molecule has 2 aromatic carbocycles. The summed E-state index contributed by atoms with van der Waals surface area (Å²) in [6, 6.07) is 10.3. The second-order valence-electron chi connectivity index (χ2n) is 8.91. The standard InChI is InChI=1S/C22H22N4O7S2.2Na/c1-22(2,3)19-11-20-24-18(12-26(20)25-19)13-4-6-15(7-5-13)23-21(27)14-8-16(34(28,29)30)10-17(9-14)35(31,32)33;;/h4-12,25H,1-3H3,(H,23,27)(H,28,29,30)(H,31,32,33);;/q;2*+1/p-2. The van der Waals surface area contributed by atoms with Gasteiger partial charge in [-0.2, -0.15) is 0 Å². The van der Waals surface area contributed by atoms with E-state index in [-0.39, 0.29) is 64.5 Å². The van der Waals surface area contributed by atoms with Crippen LogP contribution in [0.25, 0.3) is 16.9 Å². The first-order valence-electron chi connectivity index (χ1n) is 10.2. The Morgan fingerprint density at radius 3 is 1.92 bits per heavy atom. The number of nitrogens with one attached hydrogen (secondary N) is 2. The van der Waals surface area contributed by atoms with Crippen molar-refractivity contribution in [3.63, 3.8) is 0 Å². The second kappa shape index (κ2) is 11.3. The van der Waals surface area contributed by atoms with Crippen molar-refractivity contribution >= 4 is 37.5 Å². The predicted molar refractivity (Wildman–Crippen MR) is 124 cm³/mol.